The Morgan fingerprint density at radius 1 is 1.12 bits per heavy atom. The van der Waals surface area contributed by atoms with Gasteiger partial charge >= 0.3 is 0 Å². The Balaban J connectivity index is 1.39. The third-order valence-corrected chi connectivity index (χ3v) is 6.12. The summed E-state index contributed by atoms with van der Waals surface area (Å²) in [6.07, 6.45) is 7.11. The molecule has 3 aliphatic rings. The fourth-order valence-corrected chi connectivity index (χ4v) is 4.63. The Hall–Kier alpha value is -1.75. The summed E-state index contributed by atoms with van der Waals surface area (Å²) in [6, 6.07) is 6.87. The Bertz CT molecular complexity index is 648. The SMILES string of the molecule is CC1CCCCC1NC(=O)CN1CCCC1c1ccc2c(c1)OCCO2. The van der Waals surface area contributed by atoms with Gasteiger partial charge in [0.25, 0.3) is 0 Å². The summed E-state index contributed by atoms with van der Waals surface area (Å²) in [6.45, 7) is 4.95. The lowest BCUT2D eigenvalue weighted by molar-refractivity contribution is -0.123. The average Bonchev–Trinajstić information content (AvgIpc) is 3.11. The lowest BCUT2D eigenvalue weighted by Crippen LogP contribution is -2.45. The highest BCUT2D eigenvalue weighted by Crippen LogP contribution is 2.37. The monoisotopic (exact) mass is 358 g/mol. The zero-order valence-corrected chi connectivity index (χ0v) is 15.7. The van der Waals surface area contributed by atoms with E-state index >= 15 is 0 Å². The number of rotatable bonds is 4. The van der Waals surface area contributed by atoms with Crippen LogP contribution in [0.25, 0.3) is 0 Å². The number of carbonyl (C=O) groups is 1. The number of carbonyl (C=O) groups excluding carboxylic acids is 1. The van der Waals surface area contributed by atoms with Gasteiger partial charge in [0.15, 0.2) is 11.5 Å². The Labute approximate surface area is 156 Å². The van der Waals surface area contributed by atoms with E-state index in [-0.39, 0.29) is 5.91 Å². The lowest BCUT2D eigenvalue weighted by atomic mass is 9.86. The van der Waals surface area contributed by atoms with E-state index in [4.69, 9.17) is 9.47 Å². The van der Waals surface area contributed by atoms with Crippen LogP contribution in [0, 0.1) is 5.92 Å². The Morgan fingerprint density at radius 3 is 2.77 bits per heavy atom. The predicted molar refractivity (Wildman–Crippen MR) is 101 cm³/mol. The van der Waals surface area contributed by atoms with Crippen LogP contribution in [0.3, 0.4) is 0 Å². The summed E-state index contributed by atoms with van der Waals surface area (Å²) in [4.78, 5) is 14.9. The summed E-state index contributed by atoms with van der Waals surface area (Å²) < 4.78 is 11.4. The molecule has 3 atom stereocenters. The molecule has 2 heterocycles. The number of ether oxygens (including phenoxy) is 2. The van der Waals surface area contributed by atoms with E-state index in [1.54, 1.807) is 0 Å². The summed E-state index contributed by atoms with van der Waals surface area (Å²) in [5.41, 5.74) is 1.23. The molecule has 1 amide bonds. The molecule has 0 radical (unpaired) electrons. The minimum atomic E-state index is 0.174. The molecule has 1 saturated carbocycles. The number of benzene rings is 1. The first-order valence-corrected chi connectivity index (χ1v) is 10.1. The number of likely N-dealkylation sites (tertiary alicyclic amines) is 1. The van der Waals surface area contributed by atoms with Crippen LogP contribution in [0.4, 0.5) is 0 Å². The molecule has 3 unspecified atom stereocenters. The molecule has 0 spiro atoms. The molecule has 0 aromatic heterocycles. The predicted octanol–water partition coefficient (Wildman–Crippen LogP) is 3.29. The van der Waals surface area contributed by atoms with Crippen molar-refractivity contribution in [2.45, 2.75) is 57.5 Å². The maximum absolute atomic E-state index is 12.6. The van der Waals surface area contributed by atoms with Gasteiger partial charge < -0.3 is 14.8 Å². The zero-order chi connectivity index (χ0) is 17.9. The number of nitrogens with zero attached hydrogens (tertiary/aromatic N) is 1. The van der Waals surface area contributed by atoms with Crippen LogP contribution >= 0.6 is 0 Å². The first kappa shape index (κ1) is 17.7. The van der Waals surface area contributed by atoms with E-state index in [0.717, 1.165) is 37.3 Å². The van der Waals surface area contributed by atoms with Crippen LogP contribution in [0.2, 0.25) is 0 Å². The molecule has 1 aromatic carbocycles. The number of hydrogen-bond donors (Lipinski definition) is 1. The van der Waals surface area contributed by atoms with Crippen molar-refractivity contribution < 1.29 is 14.3 Å². The summed E-state index contributed by atoms with van der Waals surface area (Å²) in [5, 5.41) is 3.29. The van der Waals surface area contributed by atoms with E-state index in [0.29, 0.717) is 37.8 Å². The second-order valence-electron chi connectivity index (χ2n) is 7.97. The third-order valence-electron chi connectivity index (χ3n) is 6.12. The summed E-state index contributed by atoms with van der Waals surface area (Å²) in [7, 11) is 0. The number of fused-ring (bicyclic) bond motifs is 1. The fraction of sp³-hybridized carbons (Fsp3) is 0.667. The molecule has 4 rings (SSSR count). The molecule has 1 N–H and O–H groups in total. The third kappa shape index (κ3) is 3.83. The van der Waals surface area contributed by atoms with Crippen LogP contribution in [0.15, 0.2) is 18.2 Å². The minimum absolute atomic E-state index is 0.174. The van der Waals surface area contributed by atoms with Crippen molar-refractivity contribution in [2.75, 3.05) is 26.3 Å². The Kier molecular flexibility index (Phi) is 5.34. The van der Waals surface area contributed by atoms with Gasteiger partial charge in [-0.15, -0.1) is 0 Å². The molecule has 1 aliphatic carbocycles. The smallest absolute Gasteiger partial charge is 0.234 e. The maximum atomic E-state index is 12.6. The van der Waals surface area contributed by atoms with Crippen LogP contribution in [-0.4, -0.2) is 43.2 Å². The first-order valence-electron chi connectivity index (χ1n) is 10.1. The first-order chi connectivity index (χ1) is 12.7. The molecular formula is C21H30N2O3. The van der Waals surface area contributed by atoms with E-state index in [2.05, 4.69) is 29.3 Å². The molecule has 5 nitrogen and oxygen atoms in total. The molecule has 2 fully saturated rings. The number of nitrogens with one attached hydrogen (secondary N) is 1. The van der Waals surface area contributed by atoms with Crippen molar-refractivity contribution in [3.05, 3.63) is 23.8 Å². The van der Waals surface area contributed by atoms with Gasteiger partial charge in [0.1, 0.15) is 13.2 Å². The second kappa shape index (κ2) is 7.87. The molecule has 5 heteroatoms. The number of hydrogen-bond acceptors (Lipinski definition) is 4. The van der Waals surface area contributed by atoms with Crippen molar-refractivity contribution in [3.63, 3.8) is 0 Å². The molecular weight excluding hydrogens is 328 g/mol. The minimum Gasteiger partial charge on any atom is -0.486 e. The van der Waals surface area contributed by atoms with Gasteiger partial charge in [0, 0.05) is 12.1 Å². The van der Waals surface area contributed by atoms with Gasteiger partial charge in [0.05, 0.1) is 6.54 Å². The van der Waals surface area contributed by atoms with Crippen molar-refractivity contribution in [3.8, 4) is 11.5 Å². The van der Waals surface area contributed by atoms with E-state index < -0.39 is 0 Å². The number of amides is 1. The van der Waals surface area contributed by atoms with Crippen molar-refractivity contribution in [2.24, 2.45) is 5.92 Å². The molecule has 0 bridgehead atoms. The van der Waals surface area contributed by atoms with Gasteiger partial charge in [0.2, 0.25) is 5.91 Å². The van der Waals surface area contributed by atoms with Gasteiger partial charge in [-0.2, -0.15) is 0 Å². The molecule has 26 heavy (non-hydrogen) atoms. The highest BCUT2D eigenvalue weighted by molar-refractivity contribution is 5.78. The summed E-state index contributed by atoms with van der Waals surface area (Å²) in [5.74, 6) is 2.43. The van der Waals surface area contributed by atoms with Crippen LogP contribution in [0.1, 0.15) is 57.1 Å². The van der Waals surface area contributed by atoms with Crippen LogP contribution in [-0.2, 0) is 4.79 Å². The molecule has 1 aromatic rings. The van der Waals surface area contributed by atoms with Crippen LogP contribution in [0.5, 0.6) is 11.5 Å². The fourth-order valence-electron chi connectivity index (χ4n) is 4.63. The maximum Gasteiger partial charge on any atom is 0.234 e. The standard InChI is InChI=1S/C21H30N2O3/c1-15-5-2-3-6-17(15)22-21(24)14-23-10-4-7-18(23)16-8-9-19-20(13-16)26-12-11-25-19/h8-9,13,15,17-18H,2-7,10-12,14H2,1H3,(H,22,24). The molecule has 142 valence electrons. The van der Waals surface area contributed by atoms with Crippen molar-refractivity contribution >= 4 is 5.91 Å². The largest absolute Gasteiger partial charge is 0.486 e. The van der Waals surface area contributed by atoms with Gasteiger partial charge in [-0.25, -0.2) is 0 Å². The topological polar surface area (TPSA) is 50.8 Å². The van der Waals surface area contributed by atoms with Gasteiger partial charge in [-0.3, -0.25) is 9.69 Å². The zero-order valence-electron chi connectivity index (χ0n) is 15.7. The molecule has 1 saturated heterocycles. The highest BCUT2D eigenvalue weighted by atomic mass is 16.6. The van der Waals surface area contributed by atoms with E-state index in [9.17, 15) is 4.79 Å². The van der Waals surface area contributed by atoms with Crippen molar-refractivity contribution in [1.29, 1.82) is 0 Å². The quantitative estimate of drug-likeness (QED) is 0.897. The Morgan fingerprint density at radius 2 is 1.92 bits per heavy atom. The lowest BCUT2D eigenvalue weighted by Gasteiger charge is -2.31. The van der Waals surface area contributed by atoms with Gasteiger partial charge in [-0.1, -0.05) is 25.8 Å². The van der Waals surface area contributed by atoms with Gasteiger partial charge in [-0.05, 0) is 55.8 Å². The average molecular weight is 358 g/mol. The highest BCUT2D eigenvalue weighted by Gasteiger charge is 2.30. The second-order valence-corrected chi connectivity index (χ2v) is 7.97. The molecule has 2 aliphatic heterocycles. The van der Waals surface area contributed by atoms with Crippen LogP contribution < -0.4 is 14.8 Å². The van der Waals surface area contributed by atoms with Crippen molar-refractivity contribution in [1.82, 2.24) is 10.2 Å². The van der Waals surface area contributed by atoms with E-state index in [1.807, 2.05) is 6.07 Å². The summed E-state index contributed by atoms with van der Waals surface area (Å²) >= 11 is 0. The van der Waals surface area contributed by atoms with E-state index in [1.165, 1.54) is 24.8 Å². The normalized spacial score (nSPS) is 28.7.